The number of nitrogens with two attached hydrogens (primary N) is 1. The van der Waals surface area contributed by atoms with E-state index in [2.05, 4.69) is 4.98 Å². The molecule has 0 aromatic carbocycles. The molecule has 0 saturated carbocycles. The molecule has 0 spiro atoms. The van der Waals surface area contributed by atoms with Gasteiger partial charge < -0.3 is 10.8 Å². The van der Waals surface area contributed by atoms with Crippen molar-refractivity contribution in [2.45, 2.75) is 12.3 Å². The second kappa shape index (κ2) is 4.45. The molecule has 3 nitrogen and oxygen atoms in total. The van der Waals surface area contributed by atoms with Crippen LogP contribution in [0.2, 0.25) is 10.2 Å². The minimum Gasteiger partial charge on any atom is -0.395 e. The molecule has 1 atom stereocenters. The van der Waals surface area contributed by atoms with Gasteiger partial charge in [0.25, 0.3) is 0 Å². The van der Waals surface area contributed by atoms with Crippen molar-refractivity contribution in [3.8, 4) is 0 Å². The summed E-state index contributed by atoms with van der Waals surface area (Å²) in [6.07, 6.45) is 1.58. The summed E-state index contributed by atoms with van der Waals surface area (Å²) in [5.74, 6) is 0. The van der Waals surface area contributed by atoms with Crippen LogP contribution in [-0.2, 0) is 5.41 Å². The van der Waals surface area contributed by atoms with Gasteiger partial charge in [0.15, 0.2) is 0 Å². The Morgan fingerprint density at radius 1 is 1.57 bits per heavy atom. The van der Waals surface area contributed by atoms with Crippen LogP contribution in [0.25, 0.3) is 0 Å². The number of pyridine rings is 1. The lowest BCUT2D eigenvalue weighted by Gasteiger charge is -2.25. The standard InChI is InChI=1S/C9H12Cl2N2O/c1-9(4-12,5-14)6-2-7(10)8(11)13-3-6/h2-3,14H,4-5,12H2,1H3. The fourth-order valence-electron chi connectivity index (χ4n) is 1.02. The minimum absolute atomic E-state index is 0.0524. The van der Waals surface area contributed by atoms with Gasteiger partial charge in [0.1, 0.15) is 5.15 Å². The molecule has 5 heteroatoms. The van der Waals surface area contributed by atoms with E-state index in [1.165, 1.54) is 0 Å². The third-order valence-electron chi connectivity index (χ3n) is 2.29. The second-order valence-corrected chi connectivity index (χ2v) is 4.18. The molecule has 1 heterocycles. The third-order valence-corrected chi connectivity index (χ3v) is 2.98. The van der Waals surface area contributed by atoms with Crippen LogP contribution in [0.15, 0.2) is 12.3 Å². The Balaban J connectivity index is 3.12. The molecule has 1 aromatic rings. The van der Waals surface area contributed by atoms with Gasteiger partial charge in [0.2, 0.25) is 0 Å². The Morgan fingerprint density at radius 2 is 2.21 bits per heavy atom. The van der Waals surface area contributed by atoms with Crippen LogP contribution in [-0.4, -0.2) is 23.2 Å². The lowest BCUT2D eigenvalue weighted by Crippen LogP contribution is -2.35. The van der Waals surface area contributed by atoms with Gasteiger partial charge in [-0.3, -0.25) is 0 Å². The predicted molar refractivity (Wildman–Crippen MR) is 57.7 cm³/mol. The van der Waals surface area contributed by atoms with Crippen molar-refractivity contribution < 1.29 is 5.11 Å². The van der Waals surface area contributed by atoms with Gasteiger partial charge in [-0.1, -0.05) is 30.1 Å². The SMILES string of the molecule is CC(CN)(CO)c1cnc(Cl)c(Cl)c1. The van der Waals surface area contributed by atoms with Crippen LogP contribution in [0.5, 0.6) is 0 Å². The maximum absolute atomic E-state index is 9.22. The smallest absolute Gasteiger partial charge is 0.147 e. The number of hydrogen-bond acceptors (Lipinski definition) is 3. The summed E-state index contributed by atoms with van der Waals surface area (Å²) in [5, 5.41) is 9.84. The van der Waals surface area contributed by atoms with Gasteiger partial charge in [-0.2, -0.15) is 0 Å². The van der Waals surface area contributed by atoms with Gasteiger partial charge in [0, 0.05) is 18.2 Å². The maximum atomic E-state index is 9.22. The molecule has 0 radical (unpaired) electrons. The fourth-order valence-corrected chi connectivity index (χ4v) is 1.29. The van der Waals surface area contributed by atoms with Crippen molar-refractivity contribution in [2.24, 2.45) is 5.73 Å². The van der Waals surface area contributed by atoms with Gasteiger partial charge in [0.05, 0.1) is 11.6 Å². The molecule has 1 unspecified atom stereocenters. The zero-order valence-corrected chi connectivity index (χ0v) is 9.31. The van der Waals surface area contributed by atoms with E-state index < -0.39 is 5.41 Å². The maximum Gasteiger partial charge on any atom is 0.147 e. The molecule has 78 valence electrons. The normalized spacial score (nSPS) is 15.2. The predicted octanol–water partition coefficient (Wildman–Crippen LogP) is 1.60. The van der Waals surface area contributed by atoms with E-state index in [1.54, 1.807) is 12.3 Å². The largest absolute Gasteiger partial charge is 0.395 e. The summed E-state index contributed by atoms with van der Waals surface area (Å²) in [6, 6.07) is 1.68. The number of nitrogens with zero attached hydrogens (tertiary/aromatic N) is 1. The summed E-state index contributed by atoms with van der Waals surface area (Å²) >= 11 is 11.5. The van der Waals surface area contributed by atoms with E-state index in [0.29, 0.717) is 11.6 Å². The Morgan fingerprint density at radius 3 is 2.64 bits per heavy atom. The first-order valence-electron chi connectivity index (χ1n) is 4.16. The number of halogens is 2. The average Bonchev–Trinajstić information content (AvgIpc) is 2.21. The molecule has 1 aromatic heterocycles. The van der Waals surface area contributed by atoms with E-state index in [9.17, 15) is 5.11 Å². The van der Waals surface area contributed by atoms with Crippen molar-refractivity contribution in [1.29, 1.82) is 0 Å². The molecule has 0 aliphatic carbocycles. The zero-order valence-electron chi connectivity index (χ0n) is 7.80. The summed E-state index contributed by atoms with van der Waals surface area (Å²) < 4.78 is 0. The lowest BCUT2D eigenvalue weighted by atomic mass is 9.84. The van der Waals surface area contributed by atoms with Gasteiger partial charge >= 0.3 is 0 Å². The molecule has 0 amide bonds. The minimum atomic E-state index is -0.513. The van der Waals surface area contributed by atoms with Gasteiger partial charge in [-0.05, 0) is 11.6 Å². The molecule has 14 heavy (non-hydrogen) atoms. The number of aromatic nitrogens is 1. The quantitative estimate of drug-likeness (QED) is 0.782. The fraction of sp³-hybridized carbons (Fsp3) is 0.444. The van der Waals surface area contributed by atoms with E-state index in [0.717, 1.165) is 5.56 Å². The van der Waals surface area contributed by atoms with Crippen LogP contribution in [0, 0.1) is 0 Å². The van der Waals surface area contributed by atoms with Crippen molar-refractivity contribution in [2.75, 3.05) is 13.2 Å². The molecule has 0 aliphatic rings. The van der Waals surface area contributed by atoms with Crippen molar-refractivity contribution in [3.05, 3.63) is 28.0 Å². The highest BCUT2D eigenvalue weighted by atomic mass is 35.5. The highest BCUT2D eigenvalue weighted by Crippen LogP contribution is 2.27. The van der Waals surface area contributed by atoms with E-state index in [4.69, 9.17) is 28.9 Å². The van der Waals surface area contributed by atoms with Gasteiger partial charge in [-0.15, -0.1) is 0 Å². The number of aliphatic hydroxyl groups is 1. The monoisotopic (exact) mass is 234 g/mol. The Hall–Kier alpha value is -0.350. The molecular weight excluding hydrogens is 223 g/mol. The van der Waals surface area contributed by atoms with Crippen LogP contribution in [0.3, 0.4) is 0 Å². The Kier molecular flexibility index (Phi) is 3.72. The summed E-state index contributed by atoms with van der Waals surface area (Å²) in [7, 11) is 0. The number of hydrogen-bond donors (Lipinski definition) is 2. The number of rotatable bonds is 3. The van der Waals surface area contributed by atoms with Crippen LogP contribution < -0.4 is 5.73 Å². The van der Waals surface area contributed by atoms with Crippen LogP contribution in [0.1, 0.15) is 12.5 Å². The third kappa shape index (κ3) is 2.17. The van der Waals surface area contributed by atoms with Crippen molar-refractivity contribution in [1.82, 2.24) is 4.98 Å². The summed E-state index contributed by atoms with van der Waals surface area (Å²) in [6.45, 7) is 2.11. The van der Waals surface area contributed by atoms with Crippen molar-refractivity contribution in [3.63, 3.8) is 0 Å². The molecule has 3 N–H and O–H groups in total. The molecule has 0 saturated heterocycles. The lowest BCUT2D eigenvalue weighted by molar-refractivity contribution is 0.210. The zero-order chi connectivity index (χ0) is 10.8. The van der Waals surface area contributed by atoms with E-state index >= 15 is 0 Å². The molecule has 1 rings (SSSR count). The Labute approximate surface area is 92.9 Å². The van der Waals surface area contributed by atoms with Crippen LogP contribution >= 0.6 is 23.2 Å². The van der Waals surface area contributed by atoms with Gasteiger partial charge in [-0.25, -0.2) is 4.98 Å². The van der Waals surface area contributed by atoms with E-state index in [-0.39, 0.29) is 11.8 Å². The molecular formula is C9H12Cl2N2O. The highest BCUT2D eigenvalue weighted by molar-refractivity contribution is 6.41. The molecule has 0 bridgehead atoms. The second-order valence-electron chi connectivity index (χ2n) is 3.42. The summed E-state index contributed by atoms with van der Waals surface area (Å²) in [4.78, 5) is 3.91. The topological polar surface area (TPSA) is 59.1 Å². The average molecular weight is 235 g/mol. The van der Waals surface area contributed by atoms with E-state index in [1.807, 2.05) is 6.92 Å². The Bertz CT molecular complexity index is 327. The highest BCUT2D eigenvalue weighted by Gasteiger charge is 2.25. The van der Waals surface area contributed by atoms with Crippen LogP contribution in [0.4, 0.5) is 0 Å². The first kappa shape index (κ1) is 11.7. The first-order chi connectivity index (χ1) is 6.53. The molecule has 0 aliphatic heterocycles. The number of aliphatic hydroxyl groups excluding tert-OH is 1. The molecule has 0 fully saturated rings. The van der Waals surface area contributed by atoms with Crippen molar-refractivity contribution >= 4 is 23.2 Å². The summed E-state index contributed by atoms with van der Waals surface area (Å²) in [5.41, 5.74) is 5.85. The first-order valence-corrected chi connectivity index (χ1v) is 4.91.